The van der Waals surface area contributed by atoms with Crippen molar-refractivity contribution in [3.05, 3.63) is 66.6 Å². The maximum Gasteiger partial charge on any atom is -0.0105 e. The van der Waals surface area contributed by atoms with E-state index < -0.39 is 0 Å². The smallest absolute Gasteiger partial charge is 0.0105 e. The summed E-state index contributed by atoms with van der Waals surface area (Å²) in [6.07, 6.45) is 2.13. The molecule has 0 N–H and O–H groups in total. The monoisotopic (exact) mass is 205 g/mol. The lowest BCUT2D eigenvalue weighted by molar-refractivity contribution is 1.44. The summed E-state index contributed by atoms with van der Waals surface area (Å²) in [6, 6.07) is 19.6. The van der Waals surface area contributed by atoms with Crippen LogP contribution in [-0.4, -0.2) is 0 Å². The van der Waals surface area contributed by atoms with E-state index in [4.69, 9.17) is 0 Å². The molecule has 0 saturated heterocycles. The molecule has 77 valence electrons. The van der Waals surface area contributed by atoms with Crippen molar-refractivity contribution in [2.45, 2.75) is 6.92 Å². The normalized spacial score (nSPS) is 11.1. The van der Waals surface area contributed by atoms with Gasteiger partial charge in [-0.25, -0.2) is 0 Å². The van der Waals surface area contributed by atoms with Crippen LogP contribution in [0.15, 0.2) is 54.6 Å². The summed E-state index contributed by atoms with van der Waals surface area (Å²) in [4.78, 5) is 0. The highest BCUT2D eigenvalue weighted by molar-refractivity contribution is 6.07. The van der Waals surface area contributed by atoms with Gasteiger partial charge < -0.3 is 0 Å². The van der Waals surface area contributed by atoms with Crippen molar-refractivity contribution >= 4 is 21.5 Å². The summed E-state index contributed by atoms with van der Waals surface area (Å²) in [5, 5.41) is 5.30. The highest BCUT2D eigenvalue weighted by atomic mass is 14.0. The van der Waals surface area contributed by atoms with Crippen molar-refractivity contribution in [1.82, 2.24) is 0 Å². The topological polar surface area (TPSA) is 0 Å². The molecule has 0 aliphatic rings. The van der Waals surface area contributed by atoms with Crippen LogP contribution in [0.4, 0.5) is 0 Å². The Morgan fingerprint density at radius 3 is 2.38 bits per heavy atom. The van der Waals surface area contributed by atoms with E-state index >= 15 is 0 Å². The Labute approximate surface area is 95.5 Å². The van der Waals surface area contributed by atoms with Gasteiger partial charge in [0.1, 0.15) is 0 Å². The van der Waals surface area contributed by atoms with Crippen LogP contribution in [-0.2, 0) is 0 Å². The van der Waals surface area contributed by atoms with Gasteiger partial charge in [-0.2, -0.15) is 0 Å². The number of fused-ring (bicyclic) bond motifs is 3. The molecule has 0 aromatic heterocycles. The summed E-state index contributed by atoms with van der Waals surface area (Å²) < 4.78 is 0. The van der Waals surface area contributed by atoms with Crippen molar-refractivity contribution in [3.8, 4) is 0 Å². The van der Waals surface area contributed by atoms with Gasteiger partial charge in [0, 0.05) is 0 Å². The van der Waals surface area contributed by atoms with E-state index in [-0.39, 0.29) is 0 Å². The van der Waals surface area contributed by atoms with Crippen LogP contribution in [0.3, 0.4) is 0 Å². The molecule has 0 aliphatic carbocycles. The number of benzene rings is 3. The lowest BCUT2D eigenvalue weighted by atomic mass is 10.00. The molecule has 3 aromatic carbocycles. The fraction of sp³-hybridized carbons (Fsp3) is 0.0625. The van der Waals surface area contributed by atoms with E-state index in [1.54, 1.807) is 0 Å². The SMILES string of the molecule is C[CH]c1ccc2c(ccc3ccccc32)c1. The standard InChI is InChI=1S/C16H13/c1-2-12-7-10-16-14(11-12)9-8-13-5-3-4-6-15(13)16/h2-11H,1H3. The fourth-order valence-corrected chi connectivity index (χ4v) is 2.21. The van der Waals surface area contributed by atoms with E-state index in [1.807, 2.05) is 0 Å². The van der Waals surface area contributed by atoms with Crippen molar-refractivity contribution in [2.24, 2.45) is 0 Å². The molecule has 0 heterocycles. The molecule has 0 atom stereocenters. The Morgan fingerprint density at radius 1 is 0.750 bits per heavy atom. The van der Waals surface area contributed by atoms with Crippen molar-refractivity contribution in [1.29, 1.82) is 0 Å². The average molecular weight is 205 g/mol. The van der Waals surface area contributed by atoms with Gasteiger partial charge in [0.05, 0.1) is 0 Å². The molecule has 0 aliphatic heterocycles. The molecule has 0 heteroatoms. The average Bonchev–Trinajstić information content (AvgIpc) is 2.38. The predicted molar refractivity (Wildman–Crippen MR) is 70.5 cm³/mol. The molecule has 3 rings (SSSR count). The van der Waals surface area contributed by atoms with Gasteiger partial charge >= 0.3 is 0 Å². The molecule has 3 aromatic rings. The van der Waals surface area contributed by atoms with Crippen molar-refractivity contribution in [3.63, 3.8) is 0 Å². The van der Waals surface area contributed by atoms with E-state index in [9.17, 15) is 0 Å². The van der Waals surface area contributed by atoms with Crippen LogP contribution in [0.2, 0.25) is 0 Å². The van der Waals surface area contributed by atoms with Crippen LogP contribution >= 0.6 is 0 Å². The Kier molecular flexibility index (Phi) is 2.14. The second kappa shape index (κ2) is 3.64. The summed E-state index contributed by atoms with van der Waals surface area (Å²) >= 11 is 0. The van der Waals surface area contributed by atoms with Crippen molar-refractivity contribution < 1.29 is 0 Å². The van der Waals surface area contributed by atoms with Crippen LogP contribution in [0.1, 0.15) is 12.5 Å². The molecule has 0 amide bonds. The molecule has 0 nitrogen and oxygen atoms in total. The summed E-state index contributed by atoms with van der Waals surface area (Å²) in [7, 11) is 0. The maximum absolute atomic E-state index is 2.24. The third-order valence-corrected chi connectivity index (χ3v) is 3.10. The zero-order chi connectivity index (χ0) is 11.0. The molecular formula is C16H13. The second-order valence-electron chi connectivity index (χ2n) is 4.06. The first-order valence-electron chi connectivity index (χ1n) is 5.59. The number of rotatable bonds is 1. The zero-order valence-electron chi connectivity index (χ0n) is 9.27. The first-order chi connectivity index (χ1) is 7.88. The van der Waals surface area contributed by atoms with Crippen LogP contribution < -0.4 is 0 Å². The minimum Gasteiger partial charge on any atom is -0.0616 e. The summed E-state index contributed by atoms with van der Waals surface area (Å²) in [5.74, 6) is 0. The Morgan fingerprint density at radius 2 is 1.50 bits per heavy atom. The quantitative estimate of drug-likeness (QED) is 0.511. The van der Waals surface area contributed by atoms with E-state index in [1.165, 1.54) is 27.1 Å². The first-order valence-corrected chi connectivity index (χ1v) is 5.59. The fourth-order valence-electron chi connectivity index (χ4n) is 2.21. The van der Waals surface area contributed by atoms with Gasteiger partial charge in [0.2, 0.25) is 0 Å². The highest BCUT2D eigenvalue weighted by Crippen LogP contribution is 2.26. The molecule has 1 radical (unpaired) electrons. The molecule has 0 unspecified atom stereocenters. The molecule has 16 heavy (non-hydrogen) atoms. The molecule has 0 bridgehead atoms. The third kappa shape index (κ3) is 1.38. The predicted octanol–water partition coefficient (Wildman–Crippen LogP) is 4.57. The van der Waals surface area contributed by atoms with Gasteiger partial charge in [0.15, 0.2) is 0 Å². The van der Waals surface area contributed by atoms with Gasteiger partial charge in [-0.05, 0) is 33.5 Å². The molecule has 0 spiro atoms. The van der Waals surface area contributed by atoms with E-state index in [0.717, 1.165) is 0 Å². The lowest BCUT2D eigenvalue weighted by Crippen LogP contribution is -1.80. The number of hydrogen-bond donors (Lipinski definition) is 0. The zero-order valence-corrected chi connectivity index (χ0v) is 9.27. The molecule has 0 fully saturated rings. The Hall–Kier alpha value is -1.82. The Bertz CT molecular complexity index is 650. The van der Waals surface area contributed by atoms with Crippen molar-refractivity contribution in [2.75, 3.05) is 0 Å². The van der Waals surface area contributed by atoms with Gasteiger partial charge in [-0.1, -0.05) is 61.5 Å². The van der Waals surface area contributed by atoms with Gasteiger partial charge in [-0.3, -0.25) is 0 Å². The number of hydrogen-bond acceptors (Lipinski definition) is 0. The minimum absolute atomic E-state index is 1.28. The third-order valence-electron chi connectivity index (χ3n) is 3.10. The van der Waals surface area contributed by atoms with Crippen LogP contribution in [0.25, 0.3) is 21.5 Å². The molecule has 0 saturated carbocycles. The van der Waals surface area contributed by atoms with E-state index in [2.05, 4.69) is 67.9 Å². The maximum atomic E-state index is 2.24. The van der Waals surface area contributed by atoms with E-state index in [0.29, 0.717) is 0 Å². The van der Waals surface area contributed by atoms with Crippen LogP contribution in [0, 0.1) is 6.42 Å². The molecular weight excluding hydrogens is 192 g/mol. The lowest BCUT2D eigenvalue weighted by Gasteiger charge is -2.05. The summed E-state index contributed by atoms with van der Waals surface area (Å²) in [6.45, 7) is 2.07. The summed E-state index contributed by atoms with van der Waals surface area (Å²) in [5.41, 5.74) is 1.28. The minimum atomic E-state index is 1.28. The first kappa shape index (κ1) is 9.41. The largest absolute Gasteiger partial charge is 0.0616 e. The van der Waals surface area contributed by atoms with Gasteiger partial charge in [-0.15, -0.1) is 0 Å². The van der Waals surface area contributed by atoms with Crippen LogP contribution in [0.5, 0.6) is 0 Å². The Balaban J connectivity index is 2.43. The highest BCUT2D eigenvalue weighted by Gasteiger charge is 2.00. The van der Waals surface area contributed by atoms with Gasteiger partial charge in [0.25, 0.3) is 0 Å². The second-order valence-corrected chi connectivity index (χ2v) is 4.06.